The smallest absolute Gasteiger partial charge is 0.220 e. The predicted molar refractivity (Wildman–Crippen MR) is 57.0 cm³/mol. The zero-order valence-corrected chi connectivity index (χ0v) is 8.80. The van der Waals surface area contributed by atoms with Gasteiger partial charge in [0.1, 0.15) is 0 Å². The second-order valence-electron chi connectivity index (χ2n) is 3.83. The zero-order chi connectivity index (χ0) is 11.1. The van der Waals surface area contributed by atoms with Crippen molar-refractivity contribution in [2.75, 3.05) is 26.2 Å². The van der Waals surface area contributed by atoms with E-state index in [1.165, 1.54) is 0 Å². The van der Waals surface area contributed by atoms with Gasteiger partial charge in [-0.25, -0.2) is 0 Å². The number of nitrogens with two attached hydrogens (primary N) is 1. The quantitative estimate of drug-likeness (QED) is 0.316. The number of rotatable bonds is 5. The molecule has 0 aromatic heterocycles. The van der Waals surface area contributed by atoms with Crippen molar-refractivity contribution >= 4 is 5.91 Å². The Kier molecular flexibility index (Phi) is 4.93. The highest BCUT2D eigenvalue weighted by molar-refractivity contribution is 5.76. The first kappa shape index (κ1) is 11.8. The Morgan fingerprint density at radius 3 is 2.73 bits per heavy atom. The summed E-state index contributed by atoms with van der Waals surface area (Å²) in [5, 5.41) is 3.48. The van der Waals surface area contributed by atoms with Crippen LogP contribution in [0.5, 0.6) is 0 Å². The molecule has 1 fully saturated rings. The molecular formula is C9H17N5O. The average molecular weight is 211 g/mol. The van der Waals surface area contributed by atoms with Crippen LogP contribution in [0.4, 0.5) is 0 Å². The molecule has 0 aliphatic carbocycles. The van der Waals surface area contributed by atoms with E-state index in [4.69, 9.17) is 11.3 Å². The van der Waals surface area contributed by atoms with Crippen LogP contribution in [-0.4, -0.2) is 37.0 Å². The van der Waals surface area contributed by atoms with E-state index in [0.717, 1.165) is 38.9 Å². The van der Waals surface area contributed by atoms with Crippen LogP contribution in [0.15, 0.2) is 5.11 Å². The summed E-state index contributed by atoms with van der Waals surface area (Å²) >= 11 is 0. The van der Waals surface area contributed by atoms with Gasteiger partial charge in [-0.05, 0) is 44.4 Å². The number of primary amides is 1. The lowest BCUT2D eigenvalue weighted by Crippen LogP contribution is -2.39. The number of azide groups is 1. The Labute approximate surface area is 89.0 Å². The maximum absolute atomic E-state index is 10.9. The van der Waals surface area contributed by atoms with Gasteiger partial charge >= 0.3 is 0 Å². The monoisotopic (exact) mass is 211 g/mol. The van der Waals surface area contributed by atoms with Gasteiger partial charge in [0, 0.05) is 17.4 Å². The van der Waals surface area contributed by atoms with Crippen molar-refractivity contribution in [2.45, 2.75) is 19.3 Å². The van der Waals surface area contributed by atoms with Gasteiger partial charge in [-0.15, -0.1) is 0 Å². The second kappa shape index (κ2) is 6.27. The molecule has 0 spiro atoms. The van der Waals surface area contributed by atoms with Crippen molar-refractivity contribution in [1.82, 2.24) is 4.90 Å². The topological polar surface area (TPSA) is 95.1 Å². The first-order valence-electron chi connectivity index (χ1n) is 5.26. The molecule has 84 valence electrons. The van der Waals surface area contributed by atoms with E-state index in [0.29, 0.717) is 6.54 Å². The molecule has 1 saturated heterocycles. The minimum atomic E-state index is -0.177. The molecule has 6 heteroatoms. The Morgan fingerprint density at radius 1 is 1.53 bits per heavy atom. The summed E-state index contributed by atoms with van der Waals surface area (Å²) in [6.45, 7) is 3.32. The van der Waals surface area contributed by atoms with Gasteiger partial charge in [-0.1, -0.05) is 5.11 Å². The normalized spacial score (nSPS) is 18.4. The number of hydrogen-bond donors (Lipinski definition) is 1. The Morgan fingerprint density at radius 2 is 2.20 bits per heavy atom. The van der Waals surface area contributed by atoms with Crippen molar-refractivity contribution in [3.8, 4) is 0 Å². The molecule has 1 amide bonds. The Balaban J connectivity index is 2.14. The van der Waals surface area contributed by atoms with Gasteiger partial charge in [0.15, 0.2) is 0 Å². The standard InChI is InChI=1S/C9H17N5O/c10-9(15)8-2-6-14(7-3-8)5-1-4-12-13-11/h8H,1-7H2,(H2,10,15). The fraction of sp³-hybridized carbons (Fsp3) is 0.889. The molecule has 15 heavy (non-hydrogen) atoms. The van der Waals surface area contributed by atoms with Crippen LogP contribution in [0.1, 0.15) is 19.3 Å². The molecule has 1 aliphatic heterocycles. The van der Waals surface area contributed by atoms with Gasteiger partial charge in [-0.3, -0.25) is 4.79 Å². The van der Waals surface area contributed by atoms with Crippen molar-refractivity contribution in [2.24, 2.45) is 16.8 Å². The summed E-state index contributed by atoms with van der Waals surface area (Å²) in [5.74, 6) is -0.123. The van der Waals surface area contributed by atoms with Gasteiger partial charge in [-0.2, -0.15) is 0 Å². The van der Waals surface area contributed by atoms with E-state index in [1.807, 2.05) is 0 Å². The summed E-state index contributed by atoms with van der Waals surface area (Å²) in [6, 6.07) is 0. The van der Waals surface area contributed by atoms with Gasteiger partial charge < -0.3 is 10.6 Å². The van der Waals surface area contributed by atoms with E-state index in [1.54, 1.807) is 0 Å². The Bertz CT molecular complexity index is 250. The minimum absolute atomic E-state index is 0.0541. The fourth-order valence-corrected chi connectivity index (χ4v) is 1.85. The first-order chi connectivity index (χ1) is 7.24. The summed E-state index contributed by atoms with van der Waals surface area (Å²) in [5.41, 5.74) is 13.3. The van der Waals surface area contributed by atoms with Crippen LogP contribution in [-0.2, 0) is 4.79 Å². The van der Waals surface area contributed by atoms with E-state index in [2.05, 4.69) is 14.9 Å². The zero-order valence-electron chi connectivity index (χ0n) is 8.80. The molecule has 0 bridgehead atoms. The van der Waals surface area contributed by atoms with E-state index in [9.17, 15) is 4.79 Å². The highest BCUT2D eigenvalue weighted by atomic mass is 16.1. The number of hydrogen-bond acceptors (Lipinski definition) is 3. The number of piperidine rings is 1. The third-order valence-corrected chi connectivity index (χ3v) is 2.79. The summed E-state index contributed by atoms with van der Waals surface area (Å²) in [7, 11) is 0. The lowest BCUT2D eigenvalue weighted by Gasteiger charge is -2.30. The van der Waals surface area contributed by atoms with Gasteiger partial charge in [0.25, 0.3) is 0 Å². The second-order valence-corrected chi connectivity index (χ2v) is 3.83. The first-order valence-corrected chi connectivity index (χ1v) is 5.26. The molecular weight excluding hydrogens is 194 g/mol. The van der Waals surface area contributed by atoms with Crippen molar-refractivity contribution < 1.29 is 4.79 Å². The molecule has 0 aromatic rings. The van der Waals surface area contributed by atoms with Crippen molar-refractivity contribution in [1.29, 1.82) is 0 Å². The molecule has 6 nitrogen and oxygen atoms in total. The molecule has 0 atom stereocenters. The van der Waals surface area contributed by atoms with Crippen LogP contribution in [0.3, 0.4) is 0 Å². The largest absolute Gasteiger partial charge is 0.369 e. The summed E-state index contributed by atoms with van der Waals surface area (Å²) in [6.07, 6.45) is 2.60. The molecule has 1 rings (SSSR count). The summed E-state index contributed by atoms with van der Waals surface area (Å²) in [4.78, 5) is 15.9. The lowest BCUT2D eigenvalue weighted by atomic mass is 9.96. The molecule has 0 aromatic carbocycles. The van der Waals surface area contributed by atoms with Gasteiger partial charge in [0.05, 0.1) is 0 Å². The minimum Gasteiger partial charge on any atom is -0.369 e. The maximum atomic E-state index is 10.9. The fourth-order valence-electron chi connectivity index (χ4n) is 1.85. The Hall–Kier alpha value is -1.26. The van der Waals surface area contributed by atoms with Crippen molar-refractivity contribution in [3.63, 3.8) is 0 Å². The number of carbonyl (C=O) groups excluding carboxylic acids is 1. The number of likely N-dealkylation sites (tertiary alicyclic amines) is 1. The third kappa shape index (κ3) is 4.18. The third-order valence-electron chi connectivity index (χ3n) is 2.79. The molecule has 1 aliphatic rings. The van der Waals surface area contributed by atoms with Crippen LogP contribution in [0, 0.1) is 5.92 Å². The van der Waals surface area contributed by atoms with Crippen LogP contribution < -0.4 is 5.73 Å². The van der Waals surface area contributed by atoms with Crippen LogP contribution >= 0.6 is 0 Å². The molecule has 2 N–H and O–H groups in total. The van der Waals surface area contributed by atoms with Crippen LogP contribution in [0.2, 0.25) is 0 Å². The van der Waals surface area contributed by atoms with E-state index < -0.39 is 0 Å². The van der Waals surface area contributed by atoms with Crippen molar-refractivity contribution in [3.05, 3.63) is 10.4 Å². The number of carbonyl (C=O) groups is 1. The predicted octanol–water partition coefficient (Wildman–Crippen LogP) is 0.884. The average Bonchev–Trinajstić information content (AvgIpc) is 2.25. The highest BCUT2D eigenvalue weighted by Crippen LogP contribution is 2.16. The van der Waals surface area contributed by atoms with Gasteiger partial charge in [0.2, 0.25) is 5.91 Å². The summed E-state index contributed by atoms with van der Waals surface area (Å²) < 4.78 is 0. The lowest BCUT2D eigenvalue weighted by molar-refractivity contribution is -0.123. The van der Waals surface area contributed by atoms with Crippen LogP contribution in [0.25, 0.3) is 10.4 Å². The van der Waals surface area contributed by atoms with E-state index in [-0.39, 0.29) is 11.8 Å². The van der Waals surface area contributed by atoms with E-state index >= 15 is 0 Å². The molecule has 0 unspecified atom stereocenters. The number of amides is 1. The molecule has 0 saturated carbocycles. The number of nitrogens with zero attached hydrogens (tertiary/aromatic N) is 4. The molecule has 1 heterocycles. The maximum Gasteiger partial charge on any atom is 0.220 e. The SMILES string of the molecule is [N-]=[N+]=NCCCN1CCC(C(N)=O)CC1. The molecule has 0 radical (unpaired) electrons. The highest BCUT2D eigenvalue weighted by Gasteiger charge is 2.22.